The van der Waals surface area contributed by atoms with Crippen LogP contribution in [0, 0.1) is 11.8 Å². The molecule has 0 aromatic rings. The van der Waals surface area contributed by atoms with E-state index in [2.05, 4.69) is 0 Å². The SMILES string of the molecule is CC1CCN(C(=O)N(CC(=O)O)CC2CC2)C1CO. The molecule has 1 saturated carbocycles. The largest absolute Gasteiger partial charge is 0.480 e. The minimum atomic E-state index is -0.984. The van der Waals surface area contributed by atoms with E-state index in [0.29, 0.717) is 19.0 Å². The highest BCUT2D eigenvalue weighted by molar-refractivity contribution is 5.80. The lowest BCUT2D eigenvalue weighted by Gasteiger charge is -2.31. The highest BCUT2D eigenvalue weighted by Gasteiger charge is 2.38. The van der Waals surface area contributed by atoms with Crippen LogP contribution in [0.4, 0.5) is 4.79 Å². The normalized spacial score (nSPS) is 26.5. The summed E-state index contributed by atoms with van der Waals surface area (Å²) in [6, 6.07) is -0.416. The van der Waals surface area contributed by atoms with Gasteiger partial charge >= 0.3 is 12.0 Å². The van der Waals surface area contributed by atoms with E-state index in [9.17, 15) is 14.7 Å². The highest BCUT2D eigenvalue weighted by atomic mass is 16.4. The molecule has 19 heavy (non-hydrogen) atoms. The van der Waals surface area contributed by atoms with E-state index >= 15 is 0 Å². The number of amides is 2. The van der Waals surface area contributed by atoms with Crippen molar-refractivity contribution in [2.45, 2.75) is 32.2 Å². The second-order valence-electron chi connectivity index (χ2n) is 5.71. The van der Waals surface area contributed by atoms with Crippen molar-refractivity contribution in [2.75, 3.05) is 26.2 Å². The van der Waals surface area contributed by atoms with E-state index in [-0.39, 0.29) is 31.1 Å². The number of likely N-dealkylation sites (tertiary alicyclic amines) is 1. The van der Waals surface area contributed by atoms with Gasteiger partial charge in [0.2, 0.25) is 0 Å². The molecule has 0 aromatic carbocycles. The standard InChI is InChI=1S/C13H22N2O4/c1-9-4-5-15(11(9)8-16)13(19)14(7-12(17)18)6-10-2-3-10/h9-11,16H,2-8H2,1H3,(H,17,18). The molecule has 0 bridgehead atoms. The zero-order chi connectivity index (χ0) is 14.0. The predicted octanol–water partition coefficient (Wildman–Crippen LogP) is 0.606. The van der Waals surface area contributed by atoms with Crippen LogP contribution in [0.5, 0.6) is 0 Å². The average Bonchev–Trinajstić information content (AvgIpc) is 3.08. The van der Waals surface area contributed by atoms with Gasteiger partial charge in [0.05, 0.1) is 12.6 Å². The molecule has 2 N–H and O–H groups in total. The molecule has 1 heterocycles. The number of carboxylic acid groups (broad SMARTS) is 1. The predicted molar refractivity (Wildman–Crippen MR) is 68.7 cm³/mol. The molecule has 1 aliphatic carbocycles. The van der Waals surface area contributed by atoms with Crippen molar-refractivity contribution >= 4 is 12.0 Å². The van der Waals surface area contributed by atoms with E-state index in [0.717, 1.165) is 19.3 Å². The lowest BCUT2D eigenvalue weighted by Crippen LogP contribution is -2.49. The van der Waals surface area contributed by atoms with Crippen LogP contribution in [0.25, 0.3) is 0 Å². The number of hydrogen-bond acceptors (Lipinski definition) is 3. The van der Waals surface area contributed by atoms with Gasteiger partial charge in [-0.05, 0) is 31.1 Å². The summed E-state index contributed by atoms with van der Waals surface area (Å²) in [5, 5.41) is 18.3. The Labute approximate surface area is 113 Å². The average molecular weight is 270 g/mol. The number of aliphatic carboxylic acids is 1. The topological polar surface area (TPSA) is 81.1 Å². The van der Waals surface area contributed by atoms with Gasteiger partial charge in [-0.3, -0.25) is 4.79 Å². The lowest BCUT2D eigenvalue weighted by molar-refractivity contribution is -0.137. The van der Waals surface area contributed by atoms with Crippen LogP contribution in [-0.2, 0) is 4.79 Å². The molecule has 2 fully saturated rings. The molecule has 1 saturated heterocycles. The molecule has 2 amide bonds. The first-order chi connectivity index (χ1) is 9.02. The Morgan fingerprint density at radius 2 is 2.00 bits per heavy atom. The second-order valence-corrected chi connectivity index (χ2v) is 5.71. The van der Waals surface area contributed by atoms with Crippen molar-refractivity contribution in [1.29, 1.82) is 0 Å². The third kappa shape index (κ3) is 3.37. The molecule has 0 radical (unpaired) electrons. The summed E-state index contributed by atoms with van der Waals surface area (Å²) in [6.45, 7) is 2.83. The number of nitrogens with zero attached hydrogens (tertiary/aromatic N) is 2. The van der Waals surface area contributed by atoms with Crippen molar-refractivity contribution in [3.8, 4) is 0 Å². The summed E-state index contributed by atoms with van der Waals surface area (Å²) in [4.78, 5) is 26.4. The fourth-order valence-corrected chi connectivity index (χ4v) is 2.69. The van der Waals surface area contributed by atoms with Crippen molar-refractivity contribution in [2.24, 2.45) is 11.8 Å². The van der Waals surface area contributed by atoms with Crippen molar-refractivity contribution in [3.63, 3.8) is 0 Å². The minimum absolute atomic E-state index is 0.0583. The smallest absolute Gasteiger partial charge is 0.323 e. The van der Waals surface area contributed by atoms with Gasteiger partial charge in [0.25, 0.3) is 0 Å². The van der Waals surface area contributed by atoms with E-state index in [4.69, 9.17) is 5.11 Å². The third-order valence-corrected chi connectivity index (χ3v) is 4.09. The number of carbonyl (C=O) groups is 2. The lowest BCUT2D eigenvalue weighted by atomic mass is 10.0. The Bertz CT molecular complexity index is 357. The van der Waals surface area contributed by atoms with Crippen LogP contribution in [0.2, 0.25) is 0 Å². The molecule has 0 spiro atoms. The molecular weight excluding hydrogens is 248 g/mol. The Morgan fingerprint density at radius 1 is 1.32 bits per heavy atom. The van der Waals surface area contributed by atoms with E-state index in [1.807, 2.05) is 6.92 Å². The highest BCUT2D eigenvalue weighted by Crippen LogP contribution is 2.31. The molecule has 0 aromatic heterocycles. The number of rotatable bonds is 5. The molecule has 2 atom stereocenters. The Kier molecular flexibility index (Phi) is 4.29. The number of carboxylic acids is 1. The first-order valence-electron chi connectivity index (χ1n) is 6.91. The summed E-state index contributed by atoms with van der Waals surface area (Å²) in [5.74, 6) is -0.265. The Hall–Kier alpha value is -1.30. The fraction of sp³-hybridized carbons (Fsp3) is 0.846. The molecule has 6 heteroatoms. The van der Waals surface area contributed by atoms with Gasteiger partial charge in [-0.15, -0.1) is 0 Å². The molecule has 6 nitrogen and oxygen atoms in total. The first kappa shape index (κ1) is 14.1. The van der Waals surface area contributed by atoms with Crippen LogP contribution in [0.15, 0.2) is 0 Å². The van der Waals surface area contributed by atoms with Crippen LogP contribution >= 0.6 is 0 Å². The summed E-state index contributed by atoms with van der Waals surface area (Å²) >= 11 is 0. The van der Waals surface area contributed by atoms with Crippen LogP contribution in [0.3, 0.4) is 0 Å². The minimum Gasteiger partial charge on any atom is -0.480 e. The number of carbonyl (C=O) groups excluding carboxylic acids is 1. The maximum atomic E-state index is 12.4. The monoisotopic (exact) mass is 270 g/mol. The molecule has 1 aliphatic heterocycles. The van der Waals surface area contributed by atoms with E-state index in [1.54, 1.807) is 4.90 Å². The zero-order valence-electron chi connectivity index (χ0n) is 11.3. The third-order valence-electron chi connectivity index (χ3n) is 4.09. The summed E-state index contributed by atoms with van der Waals surface area (Å²) in [7, 11) is 0. The van der Waals surface area contributed by atoms with Crippen LogP contribution in [0.1, 0.15) is 26.2 Å². The molecule has 108 valence electrons. The number of urea groups is 1. The Balaban J connectivity index is 2.02. The quantitative estimate of drug-likeness (QED) is 0.767. The first-order valence-corrected chi connectivity index (χ1v) is 6.91. The van der Waals surface area contributed by atoms with E-state index in [1.165, 1.54) is 4.90 Å². The van der Waals surface area contributed by atoms with Gasteiger partial charge in [-0.1, -0.05) is 6.92 Å². The summed E-state index contributed by atoms with van der Waals surface area (Å²) in [6.07, 6.45) is 3.01. The number of aliphatic hydroxyl groups excluding tert-OH is 1. The van der Waals surface area contributed by atoms with Gasteiger partial charge in [0, 0.05) is 13.1 Å². The molecule has 2 aliphatic rings. The van der Waals surface area contributed by atoms with Gasteiger partial charge in [-0.25, -0.2) is 4.79 Å². The zero-order valence-corrected chi connectivity index (χ0v) is 11.3. The Morgan fingerprint density at radius 3 is 2.53 bits per heavy atom. The van der Waals surface area contributed by atoms with Crippen molar-refractivity contribution < 1.29 is 19.8 Å². The van der Waals surface area contributed by atoms with Crippen LogP contribution < -0.4 is 0 Å². The van der Waals surface area contributed by atoms with Gasteiger partial charge < -0.3 is 20.0 Å². The molecular formula is C13H22N2O4. The summed E-state index contributed by atoms with van der Waals surface area (Å²) < 4.78 is 0. The number of hydrogen-bond donors (Lipinski definition) is 2. The maximum absolute atomic E-state index is 12.4. The maximum Gasteiger partial charge on any atom is 0.323 e. The fourth-order valence-electron chi connectivity index (χ4n) is 2.69. The van der Waals surface area contributed by atoms with Gasteiger partial charge in [-0.2, -0.15) is 0 Å². The van der Waals surface area contributed by atoms with Crippen molar-refractivity contribution in [1.82, 2.24) is 9.80 Å². The van der Waals surface area contributed by atoms with Crippen LogP contribution in [-0.4, -0.2) is 64.3 Å². The van der Waals surface area contributed by atoms with Gasteiger partial charge in [0.15, 0.2) is 0 Å². The number of aliphatic hydroxyl groups is 1. The summed E-state index contributed by atoms with van der Waals surface area (Å²) in [5.41, 5.74) is 0. The van der Waals surface area contributed by atoms with Gasteiger partial charge in [0.1, 0.15) is 6.54 Å². The molecule has 2 rings (SSSR count). The van der Waals surface area contributed by atoms with E-state index < -0.39 is 5.97 Å². The second kappa shape index (κ2) is 5.77. The molecule has 2 unspecified atom stereocenters. The van der Waals surface area contributed by atoms with Crippen molar-refractivity contribution in [3.05, 3.63) is 0 Å².